The fourth-order valence-electron chi connectivity index (χ4n) is 3.49. The molecule has 0 unspecified atom stereocenters. The monoisotopic (exact) mass is 670 g/mol. The molecule has 4 rings (SSSR count). The molecular weight excluding hydrogens is 641 g/mol. The highest BCUT2D eigenvalue weighted by molar-refractivity contribution is 7.99. The van der Waals surface area contributed by atoms with Gasteiger partial charge in [-0.2, -0.15) is 0 Å². The van der Waals surface area contributed by atoms with E-state index >= 15 is 0 Å². The van der Waals surface area contributed by atoms with Crippen LogP contribution in [0.2, 0.25) is 0 Å². The molecule has 15 heteroatoms. The van der Waals surface area contributed by atoms with Crippen LogP contribution < -0.4 is 18.9 Å². The van der Waals surface area contributed by atoms with Crippen LogP contribution >= 0.6 is 23.5 Å². The molecule has 4 aromatic rings. The topological polar surface area (TPSA) is 173 Å². The lowest BCUT2D eigenvalue weighted by atomic mass is 10.2. The van der Waals surface area contributed by atoms with Crippen molar-refractivity contribution in [3.8, 4) is 23.0 Å². The van der Waals surface area contributed by atoms with Crippen molar-refractivity contribution in [3.05, 3.63) is 93.9 Å². The first kappa shape index (κ1) is 36.7. The van der Waals surface area contributed by atoms with Gasteiger partial charge in [-0.1, -0.05) is 58.9 Å². The van der Waals surface area contributed by atoms with E-state index in [0.29, 0.717) is 34.4 Å². The molecule has 45 heavy (non-hydrogen) atoms. The van der Waals surface area contributed by atoms with Gasteiger partial charge in [0.15, 0.2) is 9.95 Å². The smallest absolute Gasteiger partial charge is 0.430 e. The van der Waals surface area contributed by atoms with Crippen LogP contribution in [0.15, 0.2) is 92.4 Å². The molecule has 0 radical (unpaired) electrons. The van der Waals surface area contributed by atoms with E-state index in [1.807, 2.05) is 0 Å². The molecule has 0 aliphatic rings. The van der Waals surface area contributed by atoms with Crippen LogP contribution in [-0.4, -0.2) is 46.0 Å². The minimum atomic E-state index is -5.17. The van der Waals surface area contributed by atoms with Crippen molar-refractivity contribution >= 4 is 45.3 Å². The number of ether oxygens (including phenoxy) is 4. The van der Waals surface area contributed by atoms with Crippen molar-refractivity contribution in [3.63, 3.8) is 0 Å². The number of methoxy groups -OCH3 is 4. The number of nitrogens with zero attached hydrogens (tertiary/aromatic N) is 4. The van der Waals surface area contributed by atoms with E-state index in [9.17, 15) is 0 Å². The van der Waals surface area contributed by atoms with Gasteiger partial charge in [0.2, 0.25) is 22.3 Å². The number of hydrogen-bond acceptors (Lipinski definition) is 12. The fourth-order valence-corrected chi connectivity index (χ4v) is 5.36. The predicted molar refractivity (Wildman–Crippen MR) is 170 cm³/mol. The lowest BCUT2D eigenvalue weighted by molar-refractivity contribution is 0.352. The molecule has 0 heterocycles. The quantitative estimate of drug-likeness (QED) is 0.101. The highest BCUT2D eigenvalue weighted by Crippen LogP contribution is 2.43. The molecule has 0 aliphatic heterocycles. The number of diazo groups is 2. The first-order chi connectivity index (χ1) is 21.3. The van der Waals surface area contributed by atoms with E-state index in [-0.39, 0.29) is 0 Å². The first-order valence-corrected chi connectivity index (χ1v) is 15.7. The summed E-state index contributed by atoms with van der Waals surface area (Å²) in [5, 5.41) is 17.9. The zero-order chi connectivity index (χ0) is 33.6. The molecule has 0 amide bonds. The Morgan fingerprint density at radius 1 is 0.578 bits per heavy atom. The Morgan fingerprint density at radius 2 is 0.867 bits per heavy atom. The molecule has 0 atom stereocenters. The van der Waals surface area contributed by atoms with Gasteiger partial charge >= 0.3 is 11.4 Å². The van der Waals surface area contributed by atoms with Crippen LogP contribution in [-0.2, 0) is 10.4 Å². The second kappa shape index (κ2) is 17.7. The summed E-state index contributed by atoms with van der Waals surface area (Å²) in [6, 6.07) is 23.3. The van der Waals surface area contributed by atoms with E-state index < -0.39 is 10.4 Å². The second-order valence-corrected chi connectivity index (χ2v) is 11.8. The van der Waals surface area contributed by atoms with E-state index in [1.54, 1.807) is 62.0 Å². The average molecular weight is 671 g/mol. The molecule has 0 spiro atoms. The van der Waals surface area contributed by atoms with E-state index in [4.69, 9.17) is 47.3 Å². The van der Waals surface area contributed by atoms with Crippen LogP contribution in [0.5, 0.6) is 23.0 Å². The van der Waals surface area contributed by atoms with Crippen LogP contribution in [0, 0.1) is 24.6 Å². The van der Waals surface area contributed by atoms with Gasteiger partial charge in [0.1, 0.15) is 11.5 Å². The van der Waals surface area contributed by atoms with Crippen molar-refractivity contribution in [1.29, 1.82) is 10.8 Å². The molecular formula is C30H30N4O8S3. The van der Waals surface area contributed by atoms with Crippen LogP contribution in [0.4, 0.5) is 11.4 Å². The van der Waals surface area contributed by atoms with Crippen molar-refractivity contribution in [2.45, 2.75) is 33.4 Å². The molecule has 0 aromatic heterocycles. The number of hydrogen-bond donors (Lipinski definition) is 0. The van der Waals surface area contributed by atoms with Crippen LogP contribution in [0.25, 0.3) is 9.95 Å². The maximum atomic E-state index is 8.96. The van der Waals surface area contributed by atoms with Crippen molar-refractivity contribution in [1.82, 2.24) is 0 Å². The summed E-state index contributed by atoms with van der Waals surface area (Å²) in [4.78, 5) is 10.4. The number of benzene rings is 4. The number of aryl methyl sites for hydroxylation is 2. The van der Waals surface area contributed by atoms with E-state index in [2.05, 4.69) is 72.3 Å². The zero-order valence-corrected chi connectivity index (χ0v) is 27.7. The molecule has 0 aliphatic carbocycles. The largest absolute Gasteiger partial charge is 0.759 e. The van der Waals surface area contributed by atoms with E-state index in [1.165, 1.54) is 25.3 Å². The lowest BCUT2D eigenvalue weighted by Gasteiger charge is -2.08. The van der Waals surface area contributed by atoms with Gasteiger partial charge in [-0.15, -0.1) is 0 Å². The Labute approximate surface area is 270 Å². The van der Waals surface area contributed by atoms with Crippen LogP contribution in [0.1, 0.15) is 11.1 Å². The van der Waals surface area contributed by atoms with Gasteiger partial charge in [0.25, 0.3) is 0 Å². The molecule has 4 aromatic carbocycles. The van der Waals surface area contributed by atoms with Crippen molar-refractivity contribution in [2.24, 2.45) is 0 Å². The van der Waals surface area contributed by atoms with Gasteiger partial charge in [-0.05, 0) is 38.1 Å². The standard InChI is InChI=1S/2C15H15N2O2S.H2O4S/c2*1-10-4-6-11(7-5-10)20-15-9-13(18-2)12(17-16)8-14(15)19-3;1-5(2,3)4/h2*4-9H,1-3H3;(H2,1,2,3,4)/q2*+1;/p-2. The lowest BCUT2D eigenvalue weighted by Crippen LogP contribution is -1.91. The third-order valence-corrected chi connectivity index (χ3v) is 7.74. The van der Waals surface area contributed by atoms with Crippen LogP contribution in [0.3, 0.4) is 0 Å². The van der Waals surface area contributed by atoms with E-state index in [0.717, 1.165) is 19.6 Å². The Morgan fingerprint density at radius 3 is 1.11 bits per heavy atom. The Hall–Kier alpha value is -4.51. The maximum absolute atomic E-state index is 8.96. The molecule has 0 N–H and O–H groups in total. The van der Waals surface area contributed by atoms with Gasteiger partial charge in [-0.25, -0.2) is 0 Å². The fraction of sp³-hybridized carbons (Fsp3) is 0.200. The first-order valence-electron chi connectivity index (χ1n) is 12.7. The maximum Gasteiger partial charge on any atom is 0.430 e. The molecule has 236 valence electrons. The normalized spacial score (nSPS) is 10.1. The molecule has 0 fully saturated rings. The summed E-state index contributed by atoms with van der Waals surface area (Å²) in [5.74, 6) is 2.29. The molecule has 12 nitrogen and oxygen atoms in total. The molecule has 0 bridgehead atoms. The number of rotatable bonds is 8. The Kier molecular flexibility index (Phi) is 14.4. The summed E-state index contributed by atoms with van der Waals surface area (Å²) in [6.45, 7) is 4.10. The SMILES string of the molecule is COc1cc(Sc2ccc(C)cc2)c(OC)cc1[N+]#N.COc1cc(Sc2ccc(C)cc2)c(OC)cc1[N+]#N.O=S(=O)([O-])[O-]. The van der Waals surface area contributed by atoms with Gasteiger partial charge < -0.3 is 28.1 Å². The zero-order valence-electron chi connectivity index (χ0n) is 25.2. The van der Waals surface area contributed by atoms with Crippen molar-refractivity contribution in [2.75, 3.05) is 28.4 Å². The third-order valence-electron chi connectivity index (χ3n) is 5.64. The van der Waals surface area contributed by atoms with Crippen molar-refractivity contribution < 1.29 is 36.5 Å². The summed E-state index contributed by atoms with van der Waals surface area (Å²) >= 11 is 3.14. The summed E-state index contributed by atoms with van der Waals surface area (Å²) in [6.07, 6.45) is 0. The second-order valence-electron chi connectivity index (χ2n) is 8.79. The highest BCUT2D eigenvalue weighted by atomic mass is 32.3. The molecule has 0 saturated heterocycles. The minimum absolute atomic E-state index is 0.345. The third kappa shape index (κ3) is 12.2. The summed E-state index contributed by atoms with van der Waals surface area (Å²) in [5.41, 5.74) is 3.12. The van der Waals surface area contributed by atoms with Gasteiger partial charge in [0.05, 0.1) is 50.4 Å². The highest BCUT2D eigenvalue weighted by Gasteiger charge is 2.21. The minimum Gasteiger partial charge on any atom is -0.759 e. The van der Waals surface area contributed by atoms with Gasteiger partial charge in [-0.3, -0.25) is 8.42 Å². The predicted octanol–water partition coefficient (Wildman–Crippen LogP) is 7.96. The van der Waals surface area contributed by atoms with Gasteiger partial charge in [0, 0.05) is 32.3 Å². The Bertz CT molecular complexity index is 1650. The Balaban J connectivity index is 0.000000273. The summed E-state index contributed by atoms with van der Waals surface area (Å²) in [7, 11) is 1.08. The summed E-state index contributed by atoms with van der Waals surface area (Å²) < 4.78 is 55.2. The molecule has 0 saturated carbocycles. The average Bonchev–Trinajstić information content (AvgIpc) is 3.02.